The predicted octanol–water partition coefficient (Wildman–Crippen LogP) is 7.79. The number of nitro groups is 1. The number of pyridine rings is 2. The average Bonchev–Trinajstić information content (AvgIpc) is 3.63. The third-order valence-corrected chi connectivity index (χ3v) is 9.88. The van der Waals surface area contributed by atoms with Gasteiger partial charge in [-0.2, -0.15) is 0 Å². The number of hydrogen-bond donors (Lipinski definition) is 1. The molecule has 3 heterocycles. The lowest BCUT2D eigenvalue weighted by Crippen LogP contribution is -2.41. The number of likely N-dealkylation sites (N-methyl/N-ethyl adjacent to an activating group) is 1. The molecule has 0 aliphatic carbocycles. The molecule has 1 aliphatic heterocycles. The van der Waals surface area contributed by atoms with Crippen LogP contribution < -0.4 is 20.3 Å². The van der Waals surface area contributed by atoms with Crippen LogP contribution >= 0.6 is 11.6 Å². The van der Waals surface area contributed by atoms with Gasteiger partial charge in [0.1, 0.15) is 30.1 Å². The first-order chi connectivity index (χ1) is 26.4. The van der Waals surface area contributed by atoms with Crippen LogP contribution in [0.25, 0.3) is 22.0 Å². The van der Waals surface area contributed by atoms with Crippen molar-refractivity contribution in [1.82, 2.24) is 9.55 Å². The number of carbonyl (C=O) groups excluding carboxylic acids is 1. The van der Waals surface area contributed by atoms with Crippen LogP contribution in [0.4, 0.5) is 11.5 Å². The molecule has 0 saturated heterocycles. The predicted molar refractivity (Wildman–Crippen MR) is 216 cm³/mol. The van der Waals surface area contributed by atoms with Gasteiger partial charge in [-0.1, -0.05) is 59.1 Å². The molecule has 0 radical (unpaired) electrons. The van der Waals surface area contributed by atoms with E-state index in [4.69, 9.17) is 21.1 Å². The number of fused-ring (bicyclic) bond motifs is 1. The number of nitrogens with zero attached hydrogens (tertiary/aromatic N) is 5. The molecule has 6 rings (SSSR count). The highest BCUT2D eigenvalue weighted by atomic mass is 35.5. The lowest BCUT2D eigenvalue weighted by atomic mass is 9.99. The molecule has 2 aromatic heterocycles. The fourth-order valence-electron chi connectivity index (χ4n) is 6.74. The van der Waals surface area contributed by atoms with Gasteiger partial charge >= 0.3 is 5.82 Å². The second kappa shape index (κ2) is 16.5. The number of rotatable bonds is 15. The Balaban J connectivity index is 1.32. The molecule has 0 spiro atoms. The van der Waals surface area contributed by atoms with E-state index in [1.54, 1.807) is 41.3 Å². The van der Waals surface area contributed by atoms with Gasteiger partial charge in [-0.15, -0.1) is 0 Å². The van der Waals surface area contributed by atoms with Gasteiger partial charge in [0.25, 0.3) is 5.56 Å². The second-order valence-electron chi connectivity index (χ2n) is 14.0. The number of ether oxygens (including phenoxy) is 2. The zero-order chi connectivity index (χ0) is 39.3. The molecule has 282 valence electrons. The molecule has 3 aromatic carbocycles. The summed E-state index contributed by atoms with van der Waals surface area (Å²) in [4.78, 5) is 47.3. The fourth-order valence-corrected chi connectivity index (χ4v) is 7.03. The lowest BCUT2D eigenvalue weighted by Gasteiger charge is -2.28. The summed E-state index contributed by atoms with van der Waals surface area (Å²) in [6.45, 7) is 2.89. The van der Waals surface area contributed by atoms with Gasteiger partial charge in [-0.3, -0.25) is 9.59 Å². The van der Waals surface area contributed by atoms with E-state index < -0.39 is 11.0 Å². The largest absolute Gasteiger partial charge is 0.497 e. The number of nitrogens with one attached hydrogen (secondary N) is 1. The molecule has 0 saturated carbocycles. The van der Waals surface area contributed by atoms with Gasteiger partial charge in [0.05, 0.1) is 57.0 Å². The number of methoxy groups -OCH3 is 2. The van der Waals surface area contributed by atoms with Crippen LogP contribution in [0, 0.1) is 10.1 Å². The fraction of sp³-hybridized carbons (Fsp3) is 0.238. The number of carbonyl (C=O) groups is 1. The summed E-state index contributed by atoms with van der Waals surface area (Å²) in [7, 11) is 6.95. The monoisotopic (exact) mass is 761 g/mol. The maximum atomic E-state index is 14.7. The first kappa shape index (κ1) is 38.6. The minimum atomic E-state index is -0.477. The van der Waals surface area contributed by atoms with E-state index in [9.17, 15) is 19.7 Å². The number of allylic oxidation sites excluding steroid dienone is 1. The maximum Gasteiger partial charge on any atom is 0.368 e. The quantitative estimate of drug-likeness (QED) is 0.0494. The van der Waals surface area contributed by atoms with Crippen molar-refractivity contribution >= 4 is 46.0 Å². The van der Waals surface area contributed by atoms with E-state index >= 15 is 0 Å². The van der Waals surface area contributed by atoms with E-state index in [1.807, 2.05) is 87.8 Å². The number of halogens is 1. The van der Waals surface area contributed by atoms with Crippen molar-refractivity contribution < 1.29 is 23.7 Å². The van der Waals surface area contributed by atoms with Crippen LogP contribution in [0.3, 0.4) is 0 Å². The SMILES string of the molecule is COc1cc(OC)c(Cl)c(-c2cc3cnc(Nc4ccccc4)cc3n(C(C)c3cccc(CC(=O)/C=C/C[N+](C)(C)CC4=C([N+](=O)[O-])N=CC4)c3)c2=O)c1. The van der Waals surface area contributed by atoms with Crippen LogP contribution in [-0.2, 0) is 11.2 Å². The normalized spacial score (nSPS) is 13.4. The van der Waals surface area contributed by atoms with Crippen molar-refractivity contribution in [2.24, 2.45) is 4.99 Å². The molecule has 1 atom stereocenters. The van der Waals surface area contributed by atoms with Crippen molar-refractivity contribution in [2.75, 3.05) is 46.7 Å². The number of aliphatic imine (C=N–C) groups is 1. The first-order valence-corrected chi connectivity index (χ1v) is 18.0. The maximum absolute atomic E-state index is 14.7. The van der Waals surface area contributed by atoms with E-state index in [2.05, 4.69) is 15.3 Å². The van der Waals surface area contributed by atoms with Crippen molar-refractivity contribution in [3.63, 3.8) is 0 Å². The van der Waals surface area contributed by atoms with E-state index in [0.29, 0.717) is 68.9 Å². The summed E-state index contributed by atoms with van der Waals surface area (Å²) in [5.74, 6) is 1.23. The highest BCUT2D eigenvalue weighted by molar-refractivity contribution is 6.35. The molecule has 0 fully saturated rings. The van der Waals surface area contributed by atoms with Gasteiger partial charge in [0.15, 0.2) is 5.78 Å². The molecule has 1 unspecified atom stereocenters. The molecule has 12 nitrogen and oxygen atoms in total. The number of aromatic nitrogens is 2. The van der Waals surface area contributed by atoms with Crippen LogP contribution in [-0.4, -0.2) is 72.4 Å². The molecule has 1 aliphatic rings. The number of benzene rings is 3. The Morgan fingerprint density at radius 2 is 1.84 bits per heavy atom. The molecule has 1 N–H and O–H groups in total. The minimum absolute atomic E-state index is 0.0897. The van der Waals surface area contributed by atoms with Gasteiger partial charge in [-0.25, -0.2) is 4.98 Å². The average molecular weight is 762 g/mol. The van der Waals surface area contributed by atoms with E-state index in [1.165, 1.54) is 14.2 Å². The van der Waals surface area contributed by atoms with Gasteiger partial charge in [0, 0.05) is 53.4 Å². The summed E-state index contributed by atoms with van der Waals surface area (Å²) in [5.41, 5.74) is 4.29. The van der Waals surface area contributed by atoms with Crippen LogP contribution in [0.15, 0.2) is 118 Å². The third kappa shape index (κ3) is 8.83. The van der Waals surface area contributed by atoms with Crippen molar-refractivity contribution in [1.29, 1.82) is 0 Å². The first-order valence-electron chi connectivity index (χ1n) is 17.7. The number of para-hydroxylation sites is 1. The summed E-state index contributed by atoms with van der Waals surface area (Å²) < 4.78 is 13.2. The van der Waals surface area contributed by atoms with E-state index in [-0.39, 0.29) is 28.6 Å². The third-order valence-electron chi connectivity index (χ3n) is 9.49. The number of anilines is 2. The molecule has 55 heavy (non-hydrogen) atoms. The Labute approximate surface area is 323 Å². The Morgan fingerprint density at radius 1 is 1.05 bits per heavy atom. The van der Waals surface area contributed by atoms with Crippen molar-refractivity contribution in [3.8, 4) is 22.6 Å². The Kier molecular flexibility index (Phi) is 11.6. The number of hydrogen-bond acceptors (Lipinski definition) is 9. The summed E-state index contributed by atoms with van der Waals surface area (Å²) in [5, 5.41) is 15.6. The summed E-state index contributed by atoms with van der Waals surface area (Å²) in [6, 6.07) is 23.8. The molecule has 13 heteroatoms. The van der Waals surface area contributed by atoms with Crippen LogP contribution in [0.1, 0.15) is 30.5 Å². The highest BCUT2D eigenvalue weighted by Gasteiger charge is 2.28. The molecular formula is C42H42ClN6O6+. The molecule has 0 bridgehead atoms. The zero-order valence-electron chi connectivity index (χ0n) is 31.3. The zero-order valence-corrected chi connectivity index (χ0v) is 32.0. The Morgan fingerprint density at radius 3 is 2.56 bits per heavy atom. The highest BCUT2D eigenvalue weighted by Crippen LogP contribution is 2.39. The Bertz CT molecular complexity index is 2420. The number of ketones is 1. The molecular weight excluding hydrogens is 720 g/mol. The number of quaternary nitrogens is 1. The summed E-state index contributed by atoms with van der Waals surface area (Å²) >= 11 is 6.82. The smallest absolute Gasteiger partial charge is 0.368 e. The molecule has 0 amide bonds. The standard InChI is InChI=1S/C42H41ClN6O6/c1-27(29-12-9-11-28(19-29)20-33(50)15-10-18-49(2,3)26-30-16-17-44-41(30)48(52)53)47-37-24-39(46-32-13-7-6-8-14-32)45-25-31(37)21-36(42(47)51)35-22-34(54-4)23-38(55-5)40(35)43/h6-15,17,19,21-25,27H,16,18,20,26H2,1-5H3/p+1/b15-10+. The van der Waals surface area contributed by atoms with Gasteiger partial charge in [-0.05, 0) is 59.4 Å². The molecule has 5 aromatic rings. The van der Waals surface area contributed by atoms with Gasteiger partial charge < -0.3 is 34.0 Å². The Hall–Kier alpha value is -6.11. The summed E-state index contributed by atoms with van der Waals surface area (Å²) in [6.07, 6.45) is 7.25. The van der Waals surface area contributed by atoms with Gasteiger partial charge in [0.2, 0.25) is 0 Å². The second-order valence-corrected chi connectivity index (χ2v) is 14.4. The van der Waals surface area contributed by atoms with Crippen molar-refractivity contribution in [2.45, 2.75) is 25.8 Å². The van der Waals surface area contributed by atoms with Crippen molar-refractivity contribution in [3.05, 3.63) is 145 Å². The van der Waals surface area contributed by atoms with E-state index in [0.717, 1.165) is 16.8 Å². The lowest BCUT2D eigenvalue weighted by molar-refractivity contribution is -0.880. The van der Waals surface area contributed by atoms with Crippen LogP contribution in [0.5, 0.6) is 11.5 Å². The van der Waals surface area contributed by atoms with Crippen LogP contribution in [0.2, 0.25) is 5.02 Å². The minimum Gasteiger partial charge on any atom is -0.497 e. The topological polar surface area (TPSA) is 138 Å².